The Morgan fingerprint density at radius 1 is 1.27 bits per heavy atom. The van der Waals surface area contributed by atoms with Gasteiger partial charge in [-0.2, -0.15) is 0 Å². The SMILES string of the molecule is CNC(=O)CCC(C=O)n1c(=O)n(C)c2cc(C3CCN(CC(=O)O)CC3)ccc21. The number of benzene rings is 1. The molecule has 1 aliphatic rings. The van der Waals surface area contributed by atoms with E-state index in [1.165, 1.54) is 16.2 Å². The van der Waals surface area contributed by atoms with Crippen LogP contribution in [0.25, 0.3) is 11.0 Å². The van der Waals surface area contributed by atoms with Crippen LogP contribution in [0.4, 0.5) is 0 Å². The van der Waals surface area contributed by atoms with E-state index in [0.29, 0.717) is 11.4 Å². The number of hydrogen-bond acceptors (Lipinski definition) is 5. The molecule has 30 heavy (non-hydrogen) atoms. The van der Waals surface area contributed by atoms with E-state index in [1.54, 1.807) is 7.05 Å². The molecule has 162 valence electrons. The maximum atomic E-state index is 12.8. The molecule has 1 aromatic carbocycles. The number of imidazole rings is 1. The lowest BCUT2D eigenvalue weighted by Gasteiger charge is -2.31. The number of amides is 1. The third-order valence-electron chi connectivity index (χ3n) is 5.97. The van der Waals surface area contributed by atoms with Crippen LogP contribution >= 0.6 is 0 Å². The second kappa shape index (κ2) is 9.25. The first-order valence-corrected chi connectivity index (χ1v) is 10.2. The Kier molecular flexibility index (Phi) is 6.71. The van der Waals surface area contributed by atoms with Crippen LogP contribution in [-0.2, 0) is 21.4 Å². The number of carboxylic acid groups (broad SMARTS) is 1. The molecule has 1 saturated heterocycles. The molecule has 2 N–H and O–H groups in total. The Labute approximate surface area is 174 Å². The first kappa shape index (κ1) is 21.8. The maximum Gasteiger partial charge on any atom is 0.329 e. The van der Waals surface area contributed by atoms with Gasteiger partial charge in [0, 0.05) is 20.5 Å². The predicted octanol–water partition coefficient (Wildman–Crippen LogP) is 0.870. The highest BCUT2D eigenvalue weighted by Gasteiger charge is 2.24. The van der Waals surface area contributed by atoms with Gasteiger partial charge in [-0.3, -0.25) is 23.6 Å². The zero-order valence-electron chi connectivity index (χ0n) is 17.3. The Morgan fingerprint density at radius 2 is 1.97 bits per heavy atom. The molecule has 2 heterocycles. The van der Waals surface area contributed by atoms with Gasteiger partial charge in [-0.15, -0.1) is 0 Å². The van der Waals surface area contributed by atoms with Crippen LogP contribution in [0.1, 0.15) is 43.2 Å². The van der Waals surface area contributed by atoms with Crippen molar-refractivity contribution < 1.29 is 19.5 Å². The predicted molar refractivity (Wildman–Crippen MR) is 112 cm³/mol. The summed E-state index contributed by atoms with van der Waals surface area (Å²) >= 11 is 0. The number of likely N-dealkylation sites (tertiary alicyclic amines) is 1. The topological polar surface area (TPSA) is 114 Å². The summed E-state index contributed by atoms with van der Waals surface area (Å²) < 4.78 is 3.00. The summed E-state index contributed by atoms with van der Waals surface area (Å²) in [5.41, 5.74) is 2.24. The summed E-state index contributed by atoms with van der Waals surface area (Å²) in [5.74, 6) is -0.688. The molecule has 0 bridgehead atoms. The Bertz CT molecular complexity index is 1000. The lowest BCUT2D eigenvalue weighted by molar-refractivity contribution is -0.138. The van der Waals surface area contributed by atoms with Crippen molar-refractivity contribution in [2.45, 2.75) is 37.6 Å². The molecular formula is C21H28N4O5. The number of aryl methyl sites for hydroxylation is 1. The first-order valence-electron chi connectivity index (χ1n) is 10.2. The fourth-order valence-corrected chi connectivity index (χ4v) is 4.23. The number of nitrogens with zero attached hydrogens (tertiary/aromatic N) is 3. The van der Waals surface area contributed by atoms with E-state index in [0.717, 1.165) is 43.3 Å². The molecule has 1 unspecified atom stereocenters. The van der Waals surface area contributed by atoms with E-state index in [2.05, 4.69) is 5.32 Å². The number of aldehydes is 1. The molecule has 1 amide bonds. The molecule has 1 atom stereocenters. The summed E-state index contributed by atoms with van der Waals surface area (Å²) in [4.78, 5) is 48.9. The highest BCUT2D eigenvalue weighted by atomic mass is 16.4. The summed E-state index contributed by atoms with van der Waals surface area (Å²) in [7, 11) is 3.22. The number of carbonyl (C=O) groups excluding carboxylic acids is 2. The number of fused-ring (bicyclic) bond motifs is 1. The van der Waals surface area contributed by atoms with Gasteiger partial charge in [0.1, 0.15) is 6.29 Å². The van der Waals surface area contributed by atoms with Crippen LogP contribution in [0, 0.1) is 0 Å². The Morgan fingerprint density at radius 3 is 2.57 bits per heavy atom. The zero-order valence-corrected chi connectivity index (χ0v) is 17.3. The van der Waals surface area contributed by atoms with Crippen molar-refractivity contribution in [3.63, 3.8) is 0 Å². The summed E-state index contributed by atoms with van der Waals surface area (Å²) in [5, 5.41) is 11.5. The van der Waals surface area contributed by atoms with Crippen molar-refractivity contribution >= 4 is 29.2 Å². The molecule has 1 aliphatic heterocycles. The van der Waals surface area contributed by atoms with E-state index in [1.807, 2.05) is 23.1 Å². The molecule has 9 heteroatoms. The van der Waals surface area contributed by atoms with Gasteiger partial charge < -0.3 is 15.2 Å². The fourth-order valence-electron chi connectivity index (χ4n) is 4.23. The number of aromatic nitrogens is 2. The van der Waals surface area contributed by atoms with Gasteiger partial charge in [-0.25, -0.2) is 4.79 Å². The minimum Gasteiger partial charge on any atom is -0.480 e. The van der Waals surface area contributed by atoms with Crippen LogP contribution in [0.5, 0.6) is 0 Å². The largest absolute Gasteiger partial charge is 0.480 e. The van der Waals surface area contributed by atoms with Crippen molar-refractivity contribution in [1.82, 2.24) is 19.4 Å². The van der Waals surface area contributed by atoms with Crippen molar-refractivity contribution in [3.8, 4) is 0 Å². The van der Waals surface area contributed by atoms with Crippen LogP contribution in [0.3, 0.4) is 0 Å². The summed E-state index contributed by atoms with van der Waals surface area (Å²) in [6.45, 7) is 1.51. The van der Waals surface area contributed by atoms with Crippen LogP contribution in [-0.4, -0.2) is 64.0 Å². The first-order chi connectivity index (χ1) is 14.3. The average molecular weight is 416 g/mol. The average Bonchev–Trinajstić information content (AvgIpc) is 2.99. The smallest absolute Gasteiger partial charge is 0.329 e. The summed E-state index contributed by atoms with van der Waals surface area (Å²) in [6.07, 6.45) is 2.85. The van der Waals surface area contributed by atoms with E-state index in [9.17, 15) is 19.2 Å². The molecule has 3 rings (SSSR count). The maximum absolute atomic E-state index is 12.8. The van der Waals surface area contributed by atoms with E-state index < -0.39 is 12.0 Å². The molecular weight excluding hydrogens is 388 g/mol. The van der Waals surface area contributed by atoms with E-state index in [4.69, 9.17) is 5.11 Å². The molecule has 1 aromatic heterocycles. The number of rotatable bonds is 8. The van der Waals surface area contributed by atoms with Gasteiger partial charge >= 0.3 is 11.7 Å². The molecule has 0 spiro atoms. The zero-order chi connectivity index (χ0) is 21.8. The molecule has 1 fully saturated rings. The normalized spacial score (nSPS) is 16.5. The standard InChI is InChI=1S/C21H28N4O5/c1-22-19(27)6-4-16(13-26)25-17-5-3-15(11-18(17)23(2)21(25)30)14-7-9-24(10-8-14)12-20(28)29/h3,5,11,13-14,16H,4,6-10,12H2,1-2H3,(H,22,27)(H,28,29). The molecule has 0 radical (unpaired) electrons. The molecule has 2 aromatic rings. The highest BCUT2D eigenvalue weighted by molar-refractivity contribution is 5.79. The van der Waals surface area contributed by atoms with Gasteiger partial charge in [-0.05, 0) is 56.0 Å². The third kappa shape index (κ3) is 4.46. The minimum absolute atomic E-state index is 0.0618. The van der Waals surface area contributed by atoms with E-state index in [-0.39, 0.29) is 31.0 Å². The Hall–Kier alpha value is -2.94. The quantitative estimate of drug-likeness (QED) is 0.618. The number of carboxylic acids is 1. The second-order valence-corrected chi connectivity index (χ2v) is 7.82. The number of piperidine rings is 1. The van der Waals surface area contributed by atoms with Gasteiger partial charge in [-0.1, -0.05) is 6.07 Å². The van der Waals surface area contributed by atoms with Gasteiger partial charge in [0.05, 0.1) is 23.6 Å². The second-order valence-electron chi connectivity index (χ2n) is 7.82. The number of aliphatic carboxylic acids is 1. The molecule has 0 aliphatic carbocycles. The van der Waals surface area contributed by atoms with Crippen molar-refractivity contribution in [2.75, 3.05) is 26.7 Å². The molecule has 0 saturated carbocycles. The highest BCUT2D eigenvalue weighted by Crippen LogP contribution is 2.30. The van der Waals surface area contributed by atoms with Crippen LogP contribution in [0.2, 0.25) is 0 Å². The van der Waals surface area contributed by atoms with Crippen molar-refractivity contribution in [3.05, 3.63) is 34.2 Å². The van der Waals surface area contributed by atoms with Crippen molar-refractivity contribution in [1.29, 1.82) is 0 Å². The minimum atomic E-state index is -0.813. The monoisotopic (exact) mass is 416 g/mol. The number of carbonyl (C=O) groups is 3. The fraction of sp³-hybridized carbons (Fsp3) is 0.524. The summed E-state index contributed by atoms with van der Waals surface area (Å²) in [6, 6.07) is 5.14. The van der Waals surface area contributed by atoms with Crippen molar-refractivity contribution in [2.24, 2.45) is 7.05 Å². The van der Waals surface area contributed by atoms with Crippen LogP contribution in [0.15, 0.2) is 23.0 Å². The third-order valence-corrected chi connectivity index (χ3v) is 5.97. The van der Waals surface area contributed by atoms with Gasteiger partial charge in [0.25, 0.3) is 0 Å². The number of hydrogen-bond donors (Lipinski definition) is 2. The van der Waals surface area contributed by atoms with E-state index >= 15 is 0 Å². The van der Waals surface area contributed by atoms with Gasteiger partial charge in [0.15, 0.2) is 0 Å². The lowest BCUT2D eigenvalue weighted by Crippen LogP contribution is -2.36. The van der Waals surface area contributed by atoms with Gasteiger partial charge in [0.2, 0.25) is 5.91 Å². The Balaban J connectivity index is 1.85. The molecule has 9 nitrogen and oxygen atoms in total. The lowest BCUT2D eigenvalue weighted by atomic mass is 9.89. The number of nitrogens with one attached hydrogen (secondary N) is 1. The van der Waals surface area contributed by atoms with Crippen LogP contribution < -0.4 is 11.0 Å².